The van der Waals surface area contributed by atoms with Crippen molar-refractivity contribution in [1.82, 2.24) is 10.3 Å². The number of hydrogen-bond donors (Lipinski definition) is 2. The van der Waals surface area contributed by atoms with E-state index in [0.717, 1.165) is 36.1 Å². The summed E-state index contributed by atoms with van der Waals surface area (Å²) >= 11 is 0. The van der Waals surface area contributed by atoms with Crippen LogP contribution in [-0.4, -0.2) is 25.1 Å². The summed E-state index contributed by atoms with van der Waals surface area (Å²) in [5, 5.41) is 3.08. The van der Waals surface area contributed by atoms with E-state index >= 15 is 0 Å². The Labute approximate surface area is 146 Å². The van der Waals surface area contributed by atoms with Gasteiger partial charge in [0.1, 0.15) is 0 Å². The van der Waals surface area contributed by atoms with Gasteiger partial charge in [-0.05, 0) is 48.6 Å². The summed E-state index contributed by atoms with van der Waals surface area (Å²) in [5.74, 6) is 1.18. The van der Waals surface area contributed by atoms with E-state index in [0.29, 0.717) is 11.5 Å². The SMILES string of the molecule is COc1ccc(CC(=O)NC2CCCc3[nH]c(=O)ccc32)cc1OC. The molecule has 0 aliphatic heterocycles. The first-order chi connectivity index (χ1) is 12.1. The van der Waals surface area contributed by atoms with Crippen LogP contribution in [0.3, 0.4) is 0 Å². The Balaban J connectivity index is 1.71. The van der Waals surface area contributed by atoms with E-state index in [9.17, 15) is 9.59 Å². The third kappa shape index (κ3) is 3.84. The molecule has 2 aromatic rings. The fraction of sp³-hybridized carbons (Fsp3) is 0.368. The molecule has 0 spiro atoms. The van der Waals surface area contributed by atoms with E-state index in [1.807, 2.05) is 18.2 Å². The number of methoxy groups -OCH3 is 2. The van der Waals surface area contributed by atoms with Crippen LogP contribution in [0, 0.1) is 0 Å². The fourth-order valence-electron chi connectivity index (χ4n) is 3.27. The third-order valence-corrected chi connectivity index (χ3v) is 4.48. The maximum atomic E-state index is 12.5. The van der Waals surface area contributed by atoms with Gasteiger partial charge in [-0.25, -0.2) is 0 Å². The minimum absolute atomic E-state index is 0.0590. The summed E-state index contributed by atoms with van der Waals surface area (Å²) in [6, 6.07) is 8.72. The second-order valence-corrected chi connectivity index (χ2v) is 6.13. The van der Waals surface area contributed by atoms with Crippen molar-refractivity contribution in [3.63, 3.8) is 0 Å². The number of amides is 1. The second kappa shape index (κ2) is 7.42. The number of carbonyl (C=O) groups excluding carboxylic acids is 1. The van der Waals surface area contributed by atoms with Gasteiger partial charge in [0.15, 0.2) is 11.5 Å². The third-order valence-electron chi connectivity index (χ3n) is 4.48. The van der Waals surface area contributed by atoms with Crippen LogP contribution < -0.4 is 20.3 Å². The molecule has 3 rings (SSSR count). The van der Waals surface area contributed by atoms with Crippen LogP contribution >= 0.6 is 0 Å². The first-order valence-electron chi connectivity index (χ1n) is 8.33. The number of nitrogens with one attached hydrogen (secondary N) is 2. The van der Waals surface area contributed by atoms with Gasteiger partial charge in [-0.1, -0.05) is 6.07 Å². The highest BCUT2D eigenvalue weighted by atomic mass is 16.5. The predicted octanol–water partition coefficient (Wildman–Crippen LogP) is 2.13. The summed E-state index contributed by atoms with van der Waals surface area (Å²) < 4.78 is 10.5. The number of rotatable bonds is 5. The van der Waals surface area contributed by atoms with Crippen molar-refractivity contribution in [3.8, 4) is 11.5 Å². The minimum Gasteiger partial charge on any atom is -0.493 e. The number of carbonyl (C=O) groups is 1. The number of aromatic nitrogens is 1. The van der Waals surface area contributed by atoms with Gasteiger partial charge < -0.3 is 19.8 Å². The molecule has 6 heteroatoms. The van der Waals surface area contributed by atoms with E-state index in [1.54, 1.807) is 20.3 Å². The van der Waals surface area contributed by atoms with Crippen LogP contribution in [0.1, 0.15) is 35.7 Å². The maximum absolute atomic E-state index is 12.5. The van der Waals surface area contributed by atoms with Crippen LogP contribution in [0.5, 0.6) is 11.5 Å². The van der Waals surface area contributed by atoms with Crippen molar-refractivity contribution in [1.29, 1.82) is 0 Å². The molecule has 1 aliphatic rings. The standard InChI is InChI=1S/C19H22N2O4/c1-24-16-8-6-12(10-17(16)25-2)11-19(23)21-15-5-3-4-14-13(15)7-9-18(22)20-14/h6-10,15H,3-5,11H2,1-2H3,(H,20,22)(H,21,23). The van der Waals surface area contributed by atoms with Crippen molar-refractivity contribution < 1.29 is 14.3 Å². The Hall–Kier alpha value is -2.76. The molecule has 6 nitrogen and oxygen atoms in total. The van der Waals surface area contributed by atoms with Gasteiger partial charge in [0.2, 0.25) is 11.5 Å². The van der Waals surface area contributed by atoms with Gasteiger partial charge in [-0.3, -0.25) is 9.59 Å². The van der Waals surface area contributed by atoms with E-state index in [-0.39, 0.29) is 23.9 Å². The lowest BCUT2D eigenvalue weighted by molar-refractivity contribution is -0.121. The molecule has 1 aromatic heterocycles. The topological polar surface area (TPSA) is 80.4 Å². The Kier molecular flexibility index (Phi) is 5.07. The highest BCUT2D eigenvalue weighted by Crippen LogP contribution is 2.29. The number of aryl methyl sites for hydroxylation is 1. The zero-order valence-electron chi connectivity index (χ0n) is 14.4. The van der Waals surface area contributed by atoms with Crippen LogP contribution in [0.4, 0.5) is 0 Å². The van der Waals surface area contributed by atoms with Crippen molar-refractivity contribution in [2.45, 2.75) is 31.7 Å². The Morgan fingerprint density at radius 1 is 1.20 bits per heavy atom. The van der Waals surface area contributed by atoms with Gasteiger partial charge in [-0.15, -0.1) is 0 Å². The van der Waals surface area contributed by atoms with Gasteiger partial charge in [0.25, 0.3) is 0 Å². The van der Waals surface area contributed by atoms with E-state index < -0.39 is 0 Å². The molecule has 1 amide bonds. The summed E-state index contributed by atoms with van der Waals surface area (Å²) in [7, 11) is 3.15. The van der Waals surface area contributed by atoms with E-state index in [4.69, 9.17) is 9.47 Å². The number of hydrogen-bond acceptors (Lipinski definition) is 4. The van der Waals surface area contributed by atoms with Gasteiger partial charge in [0.05, 0.1) is 26.7 Å². The first-order valence-corrected chi connectivity index (χ1v) is 8.33. The molecule has 0 radical (unpaired) electrons. The van der Waals surface area contributed by atoms with E-state index in [2.05, 4.69) is 10.3 Å². The quantitative estimate of drug-likeness (QED) is 0.872. The minimum atomic E-state index is -0.101. The lowest BCUT2D eigenvalue weighted by atomic mass is 9.91. The van der Waals surface area contributed by atoms with Crippen LogP contribution in [0.15, 0.2) is 35.1 Å². The fourth-order valence-corrected chi connectivity index (χ4v) is 3.27. The molecule has 1 unspecified atom stereocenters. The number of aromatic amines is 1. The van der Waals surface area contributed by atoms with Gasteiger partial charge in [-0.2, -0.15) is 0 Å². The molecule has 1 atom stereocenters. The Bertz CT molecular complexity index is 828. The van der Waals surface area contributed by atoms with Crippen molar-refractivity contribution in [2.24, 2.45) is 0 Å². The highest BCUT2D eigenvalue weighted by Gasteiger charge is 2.22. The molecular formula is C19H22N2O4. The molecule has 1 aliphatic carbocycles. The second-order valence-electron chi connectivity index (χ2n) is 6.13. The average molecular weight is 342 g/mol. The van der Waals surface area contributed by atoms with Crippen LogP contribution in [-0.2, 0) is 17.6 Å². The molecule has 132 valence electrons. The van der Waals surface area contributed by atoms with Crippen molar-refractivity contribution in [2.75, 3.05) is 14.2 Å². The van der Waals surface area contributed by atoms with Crippen LogP contribution in [0.2, 0.25) is 0 Å². The zero-order valence-corrected chi connectivity index (χ0v) is 14.4. The van der Waals surface area contributed by atoms with Gasteiger partial charge in [0, 0.05) is 11.8 Å². The summed E-state index contributed by atoms with van der Waals surface area (Å²) in [5.41, 5.74) is 2.69. The first kappa shape index (κ1) is 17.1. The lowest BCUT2D eigenvalue weighted by Crippen LogP contribution is -2.33. The molecule has 2 N–H and O–H groups in total. The molecule has 0 fully saturated rings. The Morgan fingerprint density at radius 2 is 2.00 bits per heavy atom. The largest absolute Gasteiger partial charge is 0.493 e. The maximum Gasteiger partial charge on any atom is 0.248 e. The number of fused-ring (bicyclic) bond motifs is 1. The molecule has 0 saturated heterocycles. The number of ether oxygens (including phenoxy) is 2. The summed E-state index contributed by atoms with van der Waals surface area (Å²) in [4.78, 5) is 26.8. The van der Waals surface area contributed by atoms with Crippen molar-refractivity contribution >= 4 is 5.91 Å². The number of H-pyrrole nitrogens is 1. The van der Waals surface area contributed by atoms with E-state index in [1.165, 1.54) is 6.07 Å². The predicted molar refractivity (Wildman–Crippen MR) is 94.1 cm³/mol. The lowest BCUT2D eigenvalue weighted by Gasteiger charge is -2.26. The monoisotopic (exact) mass is 342 g/mol. The smallest absolute Gasteiger partial charge is 0.248 e. The molecular weight excluding hydrogens is 320 g/mol. The van der Waals surface area contributed by atoms with Gasteiger partial charge >= 0.3 is 0 Å². The number of benzene rings is 1. The molecule has 1 aromatic carbocycles. The van der Waals surface area contributed by atoms with Crippen LogP contribution in [0.25, 0.3) is 0 Å². The highest BCUT2D eigenvalue weighted by molar-refractivity contribution is 5.79. The average Bonchev–Trinajstić information content (AvgIpc) is 2.61. The zero-order chi connectivity index (χ0) is 17.8. The molecule has 25 heavy (non-hydrogen) atoms. The summed E-state index contributed by atoms with van der Waals surface area (Å²) in [6.45, 7) is 0. The summed E-state index contributed by atoms with van der Waals surface area (Å²) in [6.07, 6.45) is 2.91. The normalized spacial score (nSPS) is 16.0. The molecule has 0 saturated carbocycles. The molecule has 0 bridgehead atoms. The van der Waals surface area contributed by atoms with Crippen molar-refractivity contribution in [3.05, 3.63) is 57.5 Å². The molecule has 1 heterocycles. The number of pyridine rings is 1. The Morgan fingerprint density at radius 3 is 2.76 bits per heavy atom.